The number of benzene rings is 1. The average molecular weight is 480 g/mol. The van der Waals surface area contributed by atoms with Crippen LogP contribution in [0.15, 0.2) is 36.5 Å². The van der Waals surface area contributed by atoms with Crippen LogP contribution in [0.1, 0.15) is 68.3 Å². The molecule has 3 aliphatic rings. The van der Waals surface area contributed by atoms with Crippen molar-refractivity contribution in [2.24, 2.45) is 5.92 Å². The Morgan fingerprint density at radius 3 is 2.67 bits per heavy atom. The van der Waals surface area contributed by atoms with Crippen molar-refractivity contribution in [1.82, 2.24) is 14.9 Å². The number of pyridine rings is 2. The van der Waals surface area contributed by atoms with Crippen LogP contribution in [0, 0.1) is 24.2 Å². The number of piperazine rings is 1. The number of rotatable bonds is 6. The Hall–Kier alpha value is -3.46. The van der Waals surface area contributed by atoms with E-state index in [0.717, 1.165) is 90.7 Å². The summed E-state index contributed by atoms with van der Waals surface area (Å²) < 4.78 is 0. The summed E-state index contributed by atoms with van der Waals surface area (Å²) in [5, 5.41) is 12.5. The van der Waals surface area contributed by atoms with Crippen molar-refractivity contribution in [2.45, 2.75) is 64.3 Å². The van der Waals surface area contributed by atoms with Gasteiger partial charge in [0, 0.05) is 60.4 Å². The predicted octanol–water partition coefficient (Wildman–Crippen LogP) is 5.58. The minimum atomic E-state index is 0.183. The number of carbonyl (C=O) groups is 1. The van der Waals surface area contributed by atoms with Crippen LogP contribution in [-0.4, -0.2) is 46.5 Å². The van der Waals surface area contributed by atoms with Crippen molar-refractivity contribution in [3.05, 3.63) is 53.5 Å². The number of nitrogens with zero attached hydrogens (tertiary/aromatic N) is 5. The summed E-state index contributed by atoms with van der Waals surface area (Å²) in [6.07, 6.45) is 8.22. The average Bonchev–Trinajstić information content (AvgIpc) is 3.81. The molecule has 0 radical (unpaired) electrons. The molecule has 36 heavy (non-hydrogen) atoms. The quantitative estimate of drug-likeness (QED) is 0.461. The van der Waals surface area contributed by atoms with Crippen molar-refractivity contribution in [3.8, 4) is 17.2 Å². The zero-order valence-corrected chi connectivity index (χ0v) is 21.2. The van der Waals surface area contributed by atoms with E-state index in [0.29, 0.717) is 23.9 Å². The molecule has 0 spiro atoms. The van der Waals surface area contributed by atoms with Crippen molar-refractivity contribution in [3.63, 3.8) is 0 Å². The highest BCUT2D eigenvalue weighted by molar-refractivity contribution is 5.98. The first kappa shape index (κ1) is 23.0. The summed E-state index contributed by atoms with van der Waals surface area (Å²) in [4.78, 5) is 27.0. The van der Waals surface area contributed by atoms with Gasteiger partial charge in [-0.3, -0.25) is 9.78 Å². The molecule has 2 aliphatic carbocycles. The Labute approximate surface area is 213 Å². The van der Waals surface area contributed by atoms with E-state index in [1.165, 1.54) is 0 Å². The van der Waals surface area contributed by atoms with E-state index in [1.807, 2.05) is 13.1 Å². The van der Waals surface area contributed by atoms with E-state index < -0.39 is 0 Å². The monoisotopic (exact) mass is 479 g/mol. The fourth-order valence-corrected chi connectivity index (χ4v) is 5.80. The maximum Gasteiger partial charge on any atom is 0.226 e. The van der Waals surface area contributed by atoms with Gasteiger partial charge in [-0.05, 0) is 62.1 Å². The number of carbonyl (C=O) groups excluding carboxylic acids is 1. The molecule has 184 valence electrons. The molecule has 1 saturated heterocycles. The lowest BCUT2D eigenvalue weighted by atomic mass is 9.94. The molecule has 0 unspecified atom stereocenters. The molecule has 1 atom stereocenters. The van der Waals surface area contributed by atoms with E-state index in [2.05, 4.69) is 58.1 Å². The largest absolute Gasteiger partial charge is 0.352 e. The molecule has 1 aromatic carbocycles. The smallest absolute Gasteiger partial charge is 0.226 e. The van der Waals surface area contributed by atoms with Crippen LogP contribution in [-0.2, 0) is 4.79 Å². The Morgan fingerprint density at radius 1 is 1.11 bits per heavy atom. The first-order valence-electron chi connectivity index (χ1n) is 13.4. The van der Waals surface area contributed by atoms with E-state index in [4.69, 9.17) is 4.98 Å². The molecule has 0 bridgehead atoms. The lowest BCUT2D eigenvalue weighted by Gasteiger charge is -2.42. The van der Waals surface area contributed by atoms with E-state index in [1.54, 1.807) is 0 Å². The van der Waals surface area contributed by atoms with Gasteiger partial charge in [-0.1, -0.05) is 31.5 Å². The molecule has 3 heterocycles. The van der Waals surface area contributed by atoms with Gasteiger partial charge < -0.3 is 9.80 Å². The molecule has 6 rings (SSSR count). The number of fused-ring (bicyclic) bond motifs is 1. The maximum absolute atomic E-state index is 12.9. The van der Waals surface area contributed by atoms with Gasteiger partial charge in [-0.15, -0.1) is 0 Å². The van der Waals surface area contributed by atoms with E-state index in [9.17, 15) is 10.1 Å². The number of hydrogen-bond donors (Lipinski definition) is 0. The summed E-state index contributed by atoms with van der Waals surface area (Å²) in [6.45, 7) is 6.40. The summed E-state index contributed by atoms with van der Waals surface area (Å²) in [5.74, 6) is 1.80. The molecule has 1 aliphatic heterocycles. The third-order valence-electron chi connectivity index (χ3n) is 8.03. The Kier molecular flexibility index (Phi) is 5.87. The highest BCUT2D eigenvalue weighted by atomic mass is 16.2. The molecule has 6 heteroatoms. The number of hydrogen-bond acceptors (Lipinski definition) is 5. The first-order valence-corrected chi connectivity index (χ1v) is 13.4. The molecule has 2 aromatic heterocycles. The van der Waals surface area contributed by atoms with Gasteiger partial charge in [0.25, 0.3) is 0 Å². The number of aromatic nitrogens is 2. The van der Waals surface area contributed by atoms with Crippen LogP contribution in [0.2, 0.25) is 0 Å². The second-order valence-corrected chi connectivity index (χ2v) is 10.7. The Bertz CT molecular complexity index is 1370. The summed E-state index contributed by atoms with van der Waals surface area (Å²) >= 11 is 0. The first-order chi connectivity index (χ1) is 17.6. The van der Waals surface area contributed by atoms with E-state index >= 15 is 0 Å². The van der Waals surface area contributed by atoms with Gasteiger partial charge in [0.2, 0.25) is 5.91 Å². The van der Waals surface area contributed by atoms with Crippen molar-refractivity contribution in [1.29, 1.82) is 5.26 Å². The second-order valence-electron chi connectivity index (χ2n) is 10.7. The van der Waals surface area contributed by atoms with Crippen LogP contribution in [0.5, 0.6) is 0 Å². The number of anilines is 1. The molecule has 3 fully saturated rings. The van der Waals surface area contributed by atoms with Gasteiger partial charge in [0.05, 0.1) is 11.3 Å². The molecule has 2 saturated carbocycles. The molecule has 1 amide bonds. The van der Waals surface area contributed by atoms with Crippen LogP contribution in [0.25, 0.3) is 21.9 Å². The van der Waals surface area contributed by atoms with Gasteiger partial charge in [-0.25, -0.2) is 4.98 Å². The van der Waals surface area contributed by atoms with Gasteiger partial charge in [-0.2, -0.15) is 5.26 Å². The number of nitriles is 1. The molecule has 0 N–H and O–H groups in total. The van der Waals surface area contributed by atoms with Crippen LogP contribution in [0.3, 0.4) is 0 Å². The molecular formula is C30H33N5O. The standard InChI is InChI=1S/C30H33N5O/c1-3-5-23-18-34(14-15-35(23)30(36)21-10-11-21)29-22(17-31)16-27(28(33-29)20-8-9-20)25-7-4-6-24-19(2)32-13-12-26(24)25/h4,6-7,12-13,16,20-21,23H,3,5,8-11,14-15,18H2,1-2H3/t23-/m1/s1. The van der Waals surface area contributed by atoms with Gasteiger partial charge in [0.1, 0.15) is 11.9 Å². The zero-order chi connectivity index (χ0) is 24.8. The number of amides is 1. The summed E-state index contributed by atoms with van der Waals surface area (Å²) in [5.41, 5.74) is 4.93. The van der Waals surface area contributed by atoms with Crippen molar-refractivity contribution < 1.29 is 4.79 Å². The molecular weight excluding hydrogens is 446 g/mol. The minimum absolute atomic E-state index is 0.183. The third kappa shape index (κ3) is 4.11. The maximum atomic E-state index is 12.9. The summed E-state index contributed by atoms with van der Waals surface area (Å²) in [7, 11) is 0. The third-order valence-corrected chi connectivity index (χ3v) is 8.03. The minimum Gasteiger partial charge on any atom is -0.352 e. The predicted molar refractivity (Wildman–Crippen MR) is 142 cm³/mol. The fraction of sp³-hybridized carbons (Fsp3) is 0.467. The zero-order valence-electron chi connectivity index (χ0n) is 21.2. The number of aryl methyl sites for hydroxylation is 1. The Morgan fingerprint density at radius 2 is 1.94 bits per heavy atom. The van der Waals surface area contributed by atoms with Crippen molar-refractivity contribution >= 4 is 22.5 Å². The van der Waals surface area contributed by atoms with Crippen LogP contribution in [0.4, 0.5) is 5.82 Å². The highest BCUT2D eigenvalue weighted by Gasteiger charge is 2.39. The van der Waals surface area contributed by atoms with Gasteiger partial charge >= 0.3 is 0 Å². The summed E-state index contributed by atoms with van der Waals surface area (Å²) in [6, 6.07) is 13.1. The molecule has 3 aromatic rings. The SMILES string of the molecule is CCC[C@@H]1CN(c2nc(C3CC3)c(-c3cccc4c(C)nccc34)cc2C#N)CCN1C(=O)C1CC1. The van der Waals surface area contributed by atoms with E-state index in [-0.39, 0.29) is 12.0 Å². The fourth-order valence-electron chi connectivity index (χ4n) is 5.80. The highest BCUT2D eigenvalue weighted by Crippen LogP contribution is 2.46. The van der Waals surface area contributed by atoms with Crippen LogP contribution >= 0.6 is 0 Å². The molecule has 6 nitrogen and oxygen atoms in total. The lowest BCUT2D eigenvalue weighted by Crippen LogP contribution is -2.56. The Balaban J connectivity index is 1.40. The van der Waals surface area contributed by atoms with Crippen molar-refractivity contribution in [2.75, 3.05) is 24.5 Å². The second kappa shape index (κ2) is 9.20. The lowest BCUT2D eigenvalue weighted by molar-refractivity contribution is -0.135. The van der Waals surface area contributed by atoms with Crippen LogP contribution < -0.4 is 4.90 Å². The topological polar surface area (TPSA) is 73.1 Å². The van der Waals surface area contributed by atoms with Gasteiger partial charge in [0.15, 0.2) is 0 Å². The normalized spacial score (nSPS) is 20.0.